The zero-order chi connectivity index (χ0) is 22.0. The summed E-state index contributed by atoms with van der Waals surface area (Å²) >= 11 is 0. The third-order valence-corrected chi connectivity index (χ3v) is 5.74. The number of benzene rings is 1. The number of amides is 1. The molecule has 0 saturated heterocycles. The summed E-state index contributed by atoms with van der Waals surface area (Å²) in [5.41, 5.74) is 2.36. The van der Waals surface area contributed by atoms with Gasteiger partial charge in [-0.2, -0.15) is 5.26 Å². The molecule has 8 heteroatoms. The number of nitrogens with zero attached hydrogens (tertiary/aromatic N) is 3. The van der Waals surface area contributed by atoms with E-state index in [1.807, 2.05) is 13.8 Å². The average molecular weight is 419 g/mol. The van der Waals surface area contributed by atoms with Crippen molar-refractivity contribution >= 4 is 28.5 Å². The van der Waals surface area contributed by atoms with Crippen molar-refractivity contribution in [1.82, 2.24) is 9.55 Å². The summed E-state index contributed by atoms with van der Waals surface area (Å²) in [6.45, 7) is 3.85. The third kappa shape index (κ3) is 4.45. The van der Waals surface area contributed by atoms with Crippen LogP contribution < -0.4 is 16.4 Å². The second-order valence-corrected chi connectivity index (χ2v) is 8.24. The standard InChI is InChI=1S/C23H25N5O3/c1-14(2)28-19-9-8-18(11-20(19)31-23(28)30)27-22(29)16-4-6-17(7-5-16)26-21-10-3-15(12-24)13-25-21/h3,8-11,13-14,16-17H,4-7H2,1-2H3,(H,25,26)(H,27,29)/t16-,17+. The maximum Gasteiger partial charge on any atom is 0.420 e. The molecule has 3 aromatic rings. The predicted octanol–water partition coefficient (Wildman–Crippen LogP) is 4.05. The minimum Gasteiger partial charge on any atom is -0.408 e. The Balaban J connectivity index is 1.34. The van der Waals surface area contributed by atoms with Crippen LogP contribution in [0.5, 0.6) is 0 Å². The Labute approximate surface area is 179 Å². The number of carbonyl (C=O) groups is 1. The molecule has 2 heterocycles. The van der Waals surface area contributed by atoms with E-state index < -0.39 is 5.76 Å². The lowest BCUT2D eigenvalue weighted by atomic mass is 9.85. The van der Waals surface area contributed by atoms with Crippen molar-refractivity contribution in [3.8, 4) is 6.07 Å². The van der Waals surface area contributed by atoms with Crippen molar-refractivity contribution in [3.63, 3.8) is 0 Å². The van der Waals surface area contributed by atoms with E-state index in [2.05, 4.69) is 21.7 Å². The number of hydrogen-bond donors (Lipinski definition) is 2. The summed E-state index contributed by atoms with van der Waals surface area (Å²) < 4.78 is 6.93. The number of oxazole rings is 1. The van der Waals surface area contributed by atoms with E-state index in [1.165, 1.54) is 0 Å². The fraction of sp³-hybridized carbons (Fsp3) is 0.391. The highest BCUT2D eigenvalue weighted by Crippen LogP contribution is 2.28. The summed E-state index contributed by atoms with van der Waals surface area (Å²) in [6, 6.07) is 11.2. The number of fused-ring (bicyclic) bond motifs is 1. The van der Waals surface area contributed by atoms with Crippen LogP contribution >= 0.6 is 0 Å². The zero-order valence-corrected chi connectivity index (χ0v) is 17.6. The van der Waals surface area contributed by atoms with E-state index in [0.29, 0.717) is 16.8 Å². The molecule has 1 aliphatic rings. The number of rotatable bonds is 5. The van der Waals surface area contributed by atoms with E-state index in [1.54, 1.807) is 41.1 Å². The van der Waals surface area contributed by atoms with Crippen molar-refractivity contribution in [2.75, 3.05) is 10.6 Å². The van der Waals surface area contributed by atoms with Crippen molar-refractivity contribution in [1.29, 1.82) is 5.26 Å². The highest BCUT2D eigenvalue weighted by molar-refractivity contribution is 5.94. The smallest absolute Gasteiger partial charge is 0.408 e. The van der Waals surface area contributed by atoms with Crippen molar-refractivity contribution < 1.29 is 9.21 Å². The second kappa shape index (κ2) is 8.64. The Morgan fingerprint density at radius 2 is 2.00 bits per heavy atom. The molecule has 1 aliphatic carbocycles. The molecule has 4 rings (SSSR count). The Morgan fingerprint density at radius 1 is 1.23 bits per heavy atom. The summed E-state index contributed by atoms with van der Waals surface area (Å²) in [5.74, 6) is 0.279. The lowest BCUT2D eigenvalue weighted by Gasteiger charge is -2.28. The highest BCUT2D eigenvalue weighted by atomic mass is 16.4. The van der Waals surface area contributed by atoms with E-state index in [4.69, 9.17) is 9.68 Å². The van der Waals surface area contributed by atoms with Crippen LogP contribution in [0, 0.1) is 17.2 Å². The van der Waals surface area contributed by atoms with Crippen LogP contribution in [0.15, 0.2) is 45.7 Å². The van der Waals surface area contributed by atoms with Gasteiger partial charge >= 0.3 is 5.76 Å². The molecular formula is C23H25N5O3. The van der Waals surface area contributed by atoms with Gasteiger partial charge in [0.1, 0.15) is 11.9 Å². The van der Waals surface area contributed by atoms with Gasteiger partial charge in [-0.25, -0.2) is 9.78 Å². The van der Waals surface area contributed by atoms with Gasteiger partial charge in [0.05, 0.1) is 11.1 Å². The number of pyridine rings is 1. The van der Waals surface area contributed by atoms with E-state index >= 15 is 0 Å². The highest BCUT2D eigenvalue weighted by Gasteiger charge is 2.26. The predicted molar refractivity (Wildman–Crippen MR) is 118 cm³/mol. The first kappa shape index (κ1) is 20.7. The Morgan fingerprint density at radius 3 is 2.65 bits per heavy atom. The molecule has 0 bridgehead atoms. The topological polar surface area (TPSA) is 113 Å². The quantitative estimate of drug-likeness (QED) is 0.645. The fourth-order valence-corrected chi connectivity index (χ4v) is 4.10. The molecule has 0 aliphatic heterocycles. The number of nitriles is 1. The van der Waals surface area contributed by atoms with Gasteiger partial charge in [0.25, 0.3) is 0 Å². The number of nitrogens with one attached hydrogen (secondary N) is 2. The van der Waals surface area contributed by atoms with Gasteiger partial charge in [-0.05, 0) is 63.8 Å². The van der Waals surface area contributed by atoms with Crippen LogP contribution in [0.1, 0.15) is 51.1 Å². The summed E-state index contributed by atoms with van der Waals surface area (Å²) in [4.78, 5) is 29.0. The van der Waals surface area contributed by atoms with Gasteiger partial charge in [0.15, 0.2) is 5.58 Å². The van der Waals surface area contributed by atoms with Gasteiger partial charge in [0.2, 0.25) is 5.91 Å². The molecule has 0 spiro atoms. The van der Waals surface area contributed by atoms with Gasteiger partial charge in [-0.15, -0.1) is 0 Å². The monoisotopic (exact) mass is 419 g/mol. The maximum atomic E-state index is 12.7. The zero-order valence-electron chi connectivity index (χ0n) is 17.6. The van der Waals surface area contributed by atoms with Gasteiger partial charge < -0.3 is 15.1 Å². The number of aromatic nitrogens is 2. The Hall–Kier alpha value is -3.60. The largest absolute Gasteiger partial charge is 0.420 e. The molecule has 2 aromatic heterocycles. The summed E-state index contributed by atoms with van der Waals surface area (Å²) in [5, 5.41) is 15.2. The molecule has 1 amide bonds. The van der Waals surface area contributed by atoms with Crippen molar-refractivity contribution in [2.24, 2.45) is 5.92 Å². The molecule has 0 radical (unpaired) electrons. The summed E-state index contributed by atoms with van der Waals surface area (Å²) in [7, 11) is 0. The van der Waals surface area contributed by atoms with Crippen molar-refractivity contribution in [3.05, 3.63) is 52.6 Å². The fourth-order valence-electron chi connectivity index (χ4n) is 4.10. The van der Waals surface area contributed by atoms with Crippen LogP contribution in [0.2, 0.25) is 0 Å². The van der Waals surface area contributed by atoms with E-state index in [-0.39, 0.29) is 23.9 Å². The first-order chi connectivity index (χ1) is 14.9. The molecule has 8 nitrogen and oxygen atoms in total. The second-order valence-electron chi connectivity index (χ2n) is 8.24. The molecule has 1 aromatic carbocycles. The normalized spacial score (nSPS) is 18.6. The van der Waals surface area contributed by atoms with E-state index in [9.17, 15) is 9.59 Å². The number of hydrogen-bond acceptors (Lipinski definition) is 6. The molecule has 1 fully saturated rings. The Kier molecular flexibility index (Phi) is 5.76. The minimum atomic E-state index is -0.393. The van der Waals surface area contributed by atoms with Gasteiger partial charge in [-0.1, -0.05) is 0 Å². The molecule has 31 heavy (non-hydrogen) atoms. The first-order valence-corrected chi connectivity index (χ1v) is 10.5. The van der Waals surface area contributed by atoms with Gasteiger partial charge in [-0.3, -0.25) is 9.36 Å². The first-order valence-electron chi connectivity index (χ1n) is 10.5. The van der Waals surface area contributed by atoms with Gasteiger partial charge in [0, 0.05) is 36.0 Å². The number of anilines is 2. The van der Waals surface area contributed by atoms with Crippen LogP contribution in [-0.4, -0.2) is 21.5 Å². The maximum absolute atomic E-state index is 12.7. The molecular weight excluding hydrogens is 394 g/mol. The SMILES string of the molecule is CC(C)n1c(=O)oc2cc(NC(=O)[C@H]3CC[C@@H](Nc4ccc(C#N)cn4)CC3)ccc21. The van der Waals surface area contributed by atoms with Crippen LogP contribution in [0.25, 0.3) is 11.1 Å². The van der Waals surface area contributed by atoms with Crippen LogP contribution in [0.4, 0.5) is 11.5 Å². The summed E-state index contributed by atoms with van der Waals surface area (Å²) in [6.07, 6.45) is 4.84. The number of carbonyl (C=O) groups excluding carboxylic acids is 1. The molecule has 0 atom stereocenters. The third-order valence-electron chi connectivity index (χ3n) is 5.74. The lowest BCUT2D eigenvalue weighted by Crippen LogP contribution is -2.32. The van der Waals surface area contributed by atoms with E-state index in [0.717, 1.165) is 37.0 Å². The average Bonchev–Trinajstić information content (AvgIpc) is 3.10. The van der Waals surface area contributed by atoms with Crippen molar-refractivity contribution in [2.45, 2.75) is 51.6 Å². The molecule has 160 valence electrons. The van der Waals surface area contributed by atoms with Crippen LogP contribution in [0.3, 0.4) is 0 Å². The molecule has 1 saturated carbocycles. The Bertz CT molecular complexity index is 1180. The lowest BCUT2D eigenvalue weighted by molar-refractivity contribution is -0.120. The molecule has 2 N–H and O–H groups in total. The molecule has 0 unspecified atom stereocenters. The van der Waals surface area contributed by atoms with Crippen LogP contribution in [-0.2, 0) is 4.79 Å². The minimum absolute atomic E-state index is 0.00235.